The Kier molecular flexibility index (Phi) is 12.7. The molecule has 0 saturated carbocycles. The number of amides is 3. The highest BCUT2D eigenvalue weighted by Gasteiger charge is 2.10. The lowest BCUT2D eigenvalue weighted by molar-refractivity contribution is 0.112. The number of carbonyl (C=O) groups is 2. The fourth-order valence-corrected chi connectivity index (χ4v) is 3.39. The summed E-state index contributed by atoms with van der Waals surface area (Å²) in [5, 5.41) is 6.07. The Hall–Kier alpha value is -3.98. The molecule has 38 heavy (non-hydrogen) atoms. The lowest BCUT2D eigenvalue weighted by Gasteiger charge is -2.18. The molecule has 0 radical (unpaired) electrons. The average molecular weight is 543 g/mol. The molecule has 9 nitrogen and oxygen atoms in total. The van der Waals surface area contributed by atoms with Gasteiger partial charge in [-0.15, -0.1) is 0 Å². The zero-order chi connectivity index (χ0) is 27.9. The fourth-order valence-electron chi connectivity index (χ4n) is 3.27. The maximum absolute atomic E-state index is 12.6. The second kappa shape index (κ2) is 16.0. The van der Waals surface area contributed by atoms with E-state index >= 15 is 0 Å². The molecule has 2 aromatic rings. The Bertz CT molecular complexity index is 1130. The third-order valence-electron chi connectivity index (χ3n) is 5.09. The molecule has 0 fully saturated rings. The van der Waals surface area contributed by atoms with Crippen LogP contribution in [0.5, 0.6) is 11.5 Å². The third kappa shape index (κ3) is 11.8. The van der Waals surface area contributed by atoms with Crippen LogP contribution >= 0.6 is 11.6 Å². The Morgan fingerprint density at radius 1 is 1.08 bits per heavy atom. The van der Waals surface area contributed by atoms with E-state index in [-0.39, 0.29) is 12.2 Å². The minimum Gasteiger partial charge on any atom is -0.495 e. The van der Waals surface area contributed by atoms with Crippen molar-refractivity contribution in [2.45, 2.75) is 39.7 Å². The van der Waals surface area contributed by atoms with Crippen LogP contribution in [0.25, 0.3) is 0 Å². The first-order valence-corrected chi connectivity index (χ1v) is 12.5. The molecule has 0 aliphatic carbocycles. The van der Waals surface area contributed by atoms with Crippen LogP contribution in [0.15, 0.2) is 83.5 Å². The Morgan fingerprint density at radius 2 is 1.74 bits per heavy atom. The first-order valence-electron chi connectivity index (χ1n) is 12.1. The summed E-state index contributed by atoms with van der Waals surface area (Å²) in [6.07, 6.45) is 9.53. The van der Waals surface area contributed by atoms with Gasteiger partial charge in [-0.2, -0.15) is 0 Å². The minimum atomic E-state index is -0.428. The van der Waals surface area contributed by atoms with E-state index in [1.165, 1.54) is 12.0 Å². The van der Waals surface area contributed by atoms with Gasteiger partial charge in [-0.1, -0.05) is 11.6 Å². The van der Waals surface area contributed by atoms with Gasteiger partial charge in [-0.05, 0) is 88.2 Å². The van der Waals surface area contributed by atoms with Crippen LogP contribution in [-0.2, 0) is 9.47 Å². The van der Waals surface area contributed by atoms with Crippen molar-refractivity contribution in [3.63, 3.8) is 0 Å². The van der Waals surface area contributed by atoms with Crippen LogP contribution in [0, 0.1) is 0 Å². The minimum absolute atomic E-state index is 0.0544. The lowest BCUT2D eigenvalue weighted by atomic mass is 10.2. The fraction of sp³-hybridized carbons (Fsp3) is 0.321. The van der Waals surface area contributed by atoms with Crippen molar-refractivity contribution in [3.8, 4) is 11.5 Å². The number of aromatic nitrogens is 1. The van der Waals surface area contributed by atoms with E-state index in [9.17, 15) is 9.59 Å². The summed E-state index contributed by atoms with van der Waals surface area (Å²) in [6.45, 7) is 6.09. The normalized spacial score (nSPS) is 12.8. The van der Waals surface area contributed by atoms with Gasteiger partial charge in [-0.3, -0.25) is 4.98 Å². The van der Waals surface area contributed by atoms with Gasteiger partial charge in [0.25, 0.3) is 0 Å². The van der Waals surface area contributed by atoms with Crippen LogP contribution in [0.2, 0.25) is 0 Å². The van der Waals surface area contributed by atoms with E-state index in [1.54, 1.807) is 81.0 Å². The van der Waals surface area contributed by atoms with E-state index in [2.05, 4.69) is 20.4 Å². The smallest absolute Gasteiger partial charge is 0.409 e. The first kappa shape index (κ1) is 30.2. The molecule has 2 N–H and O–H groups in total. The standard InChI is InChI=1S/C28H35ClN4O5/c1-20(29)19-24(9-8-22(3)37-21(2)7-6-18-33(4)28(35)36-5)32-27(34)31-23-10-12-25(13-11-23)38-26-14-16-30-17-15-26/h8-17,19,21H,6-7,18H2,1-5H3,(H2,31,32,34)/b20-19+,22-8+,24-9+. The van der Waals surface area contributed by atoms with Gasteiger partial charge >= 0.3 is 12.1 Å². The summed E-state index contributed by atoms with van der Waals surface area (Å²) >= 11 is 6.06. The summed E-state index contributed by atoms with van der Waals surface area (Å²) < 4.78 is 16.3. The summed E-state index contributed by atoms with van der Waals surface area (Å²) in [5.74, 6) is 1.97. The molecule has 10 heteroatoms. The SMILES string of the molecule is COC(=O)N(C)CCCC(C)O/C(C)=C/C=C(\C=C(/C)Cl)NC(=O)Nc1ccc(Oc2ccncc2)cc1. The van der Waals surface area contributed by atoms with Gasteiger partial charge in [0.2, 0.25) is 0 Å². The molecular formula is C28H35ClN4O5. The number of nitrogens with zero attached hydrogens (tertiary/aromatic N) is 2. The monoisotopic (exact) mass is 542 g/mol. The highest BCUT2D eigenvalue weighted by atomic mass is 35.5. The first-order chi connectivity index (χ1) is 18.2. The summed E-state index contributed by atoms with van der Waals surface area (Å²) in [7, 11) is 3.05. The maximum Gasteiger partial charge on any atom is 0.409 e. The maximum atomic E-state index is 12.6. The van der Waals surface area contributed by atoms with E-state index in [1.807, 2.05) is 13.8 Å². The van der Waals surface area contributed by atoms with Crippen molar-refractivity contribution in [3.05, 3.63) is 83.5 Å². The largest absolute Gasteiger partial charge is 0.495 e. The topological polar surface area (TPSA) is 102 Å². The summed E-state index contributed by atoms with van der Waals surface area (Å²) in [4.78, 5) is 29.5. The van der Waals surface area contributed by atoms with Crippen LogP contribution in [-0.4, -0.2) is 48.8 Å². The van der Waals surface area contributed by atoms with Crippen molar-refractivity contribution in [1.82, 2.24) is 15.2 Å². The van der Waals surface area contributed by atoms with Crippen molar-refractivity contribution < 1.29 is 23.8 Å². The number of rotatable bonds is 12. The number of ether oxygens (including phenoxy) is 3. The molecule has 0 aliphatic heterocycles. The van der Waals surface area contributed by atoms with E-state index in [0.717, 1.165) is 12.8 Å². The van der Waals surface area contributed by atoms with Crippen molar-refractivity contribution in [2.24, 2.45) is 0 Å². The molecule has 0 saturated heterocycles. The van der Waals surface area contributed by atoms with Crippen LogP contribution in [0.1, 0.15) is 33.6 Å². The highest BCUT2D eigenvalue weighted by Crippen LogP contribution is 2.22. The predicted octanol–water partition coefficient (Wildman–Crippen LogP) is 6.81. The molecule has 0 bridgehead atoms. The number of allylic oxidation sites excluding steroid dienone is 5. The lowest BCUT2D eigenvalue weighted by Crippen LogP contribution is -2.28. The van der Waals surface area contributed by atoms with Crippen molar-refractivity contribution >= 4 is 29.4 Å². The van der Waals surface area contributed by atoms with Crippen LogP contribution in [0.3, 0.4) is 0 Å². The van der Waals surface area contributed by atoms with Gasteiger partial charge in [0, 0.05) is 42.4 Å². The Labute approximate surface area is 229 Å². The van der Waals surface area contributed by atoms with Gasteiger partial charge in [0.05, 0.1) is 19.0 Å². The van der Waals surface area contributed by atoms with E-state index < -0.39 is 6.03 Å². The number of nitrogens with one attached hydrogen (secondary N) is 2. The molecule has 1 aromatic carbocycles. The average Bonchev–Trinajstić information content (AvgIpc) is 2.88. The molecule has 0 aliphatic rings. The molecule has 1 unspecified atom stereocenters. The number of pyridine rings is 1. The van der Waals surface area contributed by atoms with Gasteiger partial charge in [0.1, 0.15) is 11.5 Å². The second-order valence-electron chi connectivity index (χ2n) is 8.48. The number of anilines is 1. The molecule has 2 rings (SSSR count). The van der Waals surface area contributed by atoms with Gasteiger partial charge in [-0.25, -0.2) is 9.59 Å². The van der Waals surface area contributed by atoms with E-state index in [4.69, 9.17) is 21.1 Å². The summed E-state index contributed by atoms with van der Waals surface area (Å²) in [5.41, 5.74) is 1.08. The number of urea groups is 1. The third-order valence-corrected chi connectivity index (χ3v) is 5.19. The number of halogens is 1. The van der Waals surface area contributed by atoms with Crippen LogP contribution in [0.4, 0.5) is 15.3 Å². The molecule has 1 heterocycles. The van der Waals surface area contributed by atoms with Gasteiger partial charge < -0.3 is 29.7 Å². The molecule has 0 spiro atoms. The molecular weight excluding hydrogens is 508 g/mol. The second-order valence-corrected chi connectivity index (χ2v) is 9.08. The van der Waals surface area contributed by atoms with Gasteiger partial charge in [0.15, 0.2) is 0 Å². The molecule has 1 aromatic heterocycles. The highest BCUT2D eigenvalue weighted by molar-refractivity contribution is 6.29. The number of carbonyl (C=O) groups excluding carboxylic acids is 2. The Morgan fingerprint density at radius 3 is 2.37 bits per heavy atom. The van der Waals surface area contributed by atoms with Crippen LogP contribution < -0.4 is 15.4 Å². The number of benzene rings is 1. The summed E-state index contributed by atoms with van der Waals surface area (Å²) in [6, 6.07) is 10.1. The number of methoxy groups -OCH3 is 1. The predicted molar refractivity (Wildman–Crippen MR) is 149 cm³/mol. The number of hydrogen-bond acceptors (Lipinski definition) is 6. The quantitative estimate of drug-likeness (QED) is 0.226. The molecule has 3 amide bonds. The van der Waals surface area contributed by atoms with Crippen molar-refractivity contribution in [2.75, 3.05) is 26.0 Å². The van der Waals surface area contributed by atoms with Crippen molar-refractivity contribution in [1.29, 1.82) is 0 Å². The number of hydrogen-bond donors (Lipinski definition) is 2. The molecule has 204 valence electrons. The molecule has 1 atom stereocenters. The zero-order valence-corrected chi connectivity index (χ0v) is 23.1. The van der Waals surface area contributed by atoms with E-state index in [0.29, 0.717) is 40.2 Å². The Balaban J connectivity index is 1.90. The zero-order valence-electron chi connectivity index (χ0n) is 22.4.